The molecule has 3 heteroatoms. The summed E-state index contributed by atoms with van der Waals surface area (Å²) in [4.78, 5) is 4.71. The first-order chi connectivity index (χ1) is 10.7. The van der Waals surface area contributed by atoms with Crippen molar-refractivity contribution in [2.75, 3.05) is 5.32 Å². The quantitative estimate of drug-likeness (QED) is 0.665. The molecule has 1 N–H and O–H groups in total. The Hall–Kier alpha value is -2.13. The highest BCUT2D eigenvalue weighted by Crippen LogP contribution is 2.28. The standard InChI is InChI=1S/C19H20N2S/c1-4-15-7-9-16(10-8-15)18-12-22-19(21-18)20-17-11-13(2)5-6-14(17)3/h5-12H,4H2,1-3H3,(H,20,21). The fraction of sp³-hybridized carbons (Fsp3) is 0.211. The van der Waals surface area contributed by atoms with Gasteiger partial charge in [-0.05, 0) is 43.0 Å². The Labute approximate surface area is 135 Å². The van der Waals surface area contributed by atoms with Crippen molar-refractivity contribution in [1.82, 2.24) is 4.98 Å². The molecule has 0 saturated carbocycles. The molecular weight excluding hydrogens is 288 g/mol. The number of anilines is 2. The van der Waals surface area contributed by atoms with Gasteiger partial charge >= 0.3 is 0 Å². The number of aromatic nitrogens is 1. The molecule has 2 aromatic carbocycles. The van der Waals surface area contributed by atoms with Crippen LogP contribution in [0.1, 0.15) is 23.6 Å². The first kappa shape index (κ1) is 14.8. The normalized spacial score (nSPS) is 10.7. The Bertz CT molecular complexity index is 772. The highest BCUT2D eigenvalue weighted by molar-refractivity contribution is 7.14. The lowest BCUT2D eigenvalue weighted by atomic mass is 10.1. The Morgan fingerprint density at radius 1 is 1.05 bits per heavy atom. The minimum atomic E-state index is 0.934. The fourth-order valence-corrected chi connectivity index (χ4v) is 3.09. The summed E-state index contributed by atoms with van der Waals surface area (Å²) >= 11 is 1.64. The van der Waals surface area contributed by atoms with E-state index in [0.29, 0.717) is 0 Å². The van der Waals surface area contributed by atoms with Crippen LogP contribution in [0, 0.1) is 13.8 Å². The summed E-state index contributed by atoms with van der Waals surface area (Å²) in [5.41, 5.74) is 7.16. The van der Waals surface area contributed by atoms with E-state index in [4.69, 9.17) is 4.98 Å². The third-order valence-electron chi connectivity index (χ3n) is 3.80. The van der Waals surface area contributed by atoms with E-state index in [1.807, 2.05) is 0 Å². The maximum Gasteiger partial charge on any atom is 0.187 e. The SMILES string of the molecule is CCc1ccc(-c2csc(Nc3cc(C)ccc3C)n2)cc1. The Morgan fingerprint density at radius 3 is 2.55 bits per heavy atom. The highest BCUT2D eigenvalue weighted by atomic mass is 32.1. The number of rotatable bonds is 4. The lowest BCUT2D eigenvalue weighted by Gasteiger charge is -2.07. The second-order valence-electron chi connectivity index (χ2n) is 5.53. The molecule has 0 aliphatic rings. The van der Waals surface area contributed by atoms with Crippen molar-refractivity contribution >= 4 is 22.2 Å². The van der Waals surface area contributed by atoms with Crippen molar-refractivity contribution in [2.45, 2.75) is 27.2 Å². The van der Waals surface area contributed by atoms with Gasteiger partial charge in [0.1, 0.15) is 0 Å². The van der Waals surface area contributed by atoms with Gasteiger partial charge in [-0.25, -0.2) is 4.98 Å². The molecule has 0 spiro atoms. The molecular formula is C19H20N2S. The van der Waals surface area contributed by atoms with Crippen LogP contribution < -0.4 is 5.32 Å². The minimum absolute atomic E-state index is 0.934. The van der Waals surface area contributed by atoms with Crippen LogP contribution in [0.15, 0.2) is 47.8 Å². The number of thiazole rings is 1. The zero-order valence-electron chi connectivity index (χ0n) is 13.2. The average molecular weight is 308 g/mol. The molecule has 2 nitrogen and oxygen atoms in total. The number of nitrogens with one attached hydrogen (secondary N) is 1. The Morgan fingerprint density at radius 2 is 1.82 bits per heavy atom. The lowest BCUT2D eigenvalue weighted by Crippen LogP contribution is -1.93. The number of hydrogen-bond acceptors (Lipinski definition) is 3. The highest BCUT2D eigenvalue weighted by Gasteiger charge is 2.06. The molecule has 0 aliphatic carbocycles. The van der Waals surface area contributed by atoms with Gasteiger partial charge in [0.05, 0.1) is 5.69 Å². The van der Waals surface area contributed by atoms with Crippen LogP contribution in [0.25, 0.3) is 11.3 Å². The summed E-state index contributed by atoms with van der Waals surface area (Å²) in [5.74, 6) is 0. The van der Waals surface area contributed by atoms with Crippen LogP contribution in [0.5, 0.6) is 0 Å². The van der Waals surface area contributed by atoms with Crippen LogP contribution in [0.2, 0.25) is 0 Å². The van der Waals surface area contributed by atoms with Crippen LogP contribution in [-0.4, -0.2) is 4.98 Å². The van der Waals surface area contributed by atoms with Crippen LogP contribution in [0.3, 0.4) is 0 Å². The van der Waals surface area contributed by atoms with Gasteiger partial charge in [-0.2, -0.15) is 0 Å². The second-order valence-corrected chi connectivity index (χ2v) is 6.39. The molecule has 0 unspecified atom stereocenters. The van der Waals surface area contributed by atoms with Crippen molar-refractivity contribution < 1.29 is 0 Å². The van der Waals surface area contributed by atoms with Crippen LogP contribution in [0.4, 0.5) is 10.8 Å². The Balaban J connectivity index is 1.82. The molecule has 0 radical (unpaired) electrons. The Kier molecular flexibility index (Phi) is 4.25. The summed E-state index contributed by atoms with van der Waals surface area (Å²) in [7, 11) is 0. The van der Waals surface area contributed by atoms with Crippen molar-refractivity contribution in [3.63, 3.8) is 0 Å². The number of aryl methyl sites for hydroxylation is 3. The van der Waals surface area contributed by atoms with Gasteiger partial charge in [-0.1, -0.05) is 43.3 Å². The molecule has 3 aromatic rings. The van der Waals surface area contributed by atoms with Gasteiger partial charge in [0.2, 0.25) is 0 Å². The summed E-state index contributed by atoms with van der Waals surface area (Å²) in [6.07, 6.45) is 1.07. The molecule has 0 amide bonds. The van der Waals surface area contributed by atoms with Gasteiger partial charge in [0, 0.05) is 16.6 Å². The molecule has 0 atom stereocenters. The first-order valence-electron chi connectivity index (χ1n) is 7.55. The van der Waals surface area contributed by atoms with Crippen molar-refractivity contribution in [3.05, 3.63) is 64.5 Å². The van der Waals surface area contributed by atoms with E-state index in [2.05, 4.69) is 73.9 Å². The van der Waals surface area contributed by atoms with Gasteiger partial charge in [0.15, 0.2) is 5.13 Å². The maximum atomic E-state index is 4.71. The van der Waals surface area contributed by atoms with E-state index in [1.165, 1.54) is 22.3 Å². The molecule has 0 bridgehead atoms. The van der Waals surface area contributed by atoms with E-state index < -0.39 is 0 Å². The van der Waals surface area contributed by atoms with Crippen molar-refractivity contribution in [2.24, 2.45) is 0 Å². The molecule has 1 heterocycles. The molecule has 0 aliphatic heterocycles. The van der Waals surface area contributed by atoms with E-state index in [9.17, 15) is 0 Å². The summed E-state index contributed by atoms with van der Waals surface area (Å²) in [6, 6.07) is 15.1. The van der Waals surface area contributed by atoms with E-state index in [1.54, 1.807) is 11.3 Å². The largest absolute Gasteiger partial charge is 0.331 e. The molecule has 0 saturated heterocycles. The zero-order chi connectivity index (χ0) is 15.5. The average Bonchev–Trinajstić information content (AvgIpc) is 2.99. The lowest BCUT2D eigenvalue weighted by molar-refractivity contribution is 1.14. The third kappa shape index (κ3) is 3.20. The zero-order valence-corrected chi connectivity index (χ0v) is 14.0. The topological polar surface area (TPSA) is 24.9 Å². The van der Waals surface area contributed by atoms with Crippen LogP contribution in [-0.2, 0) is 6.42 Å². The third-order valence-corrected chi connectivity index (χ3v) is 4.55. The number of benzene rings is 2. The summed E-state index contributed by atoms with van der Waals surface area (Å²) in [6.45, 7) is 6.39. The predicted octanol–water partition coefficient (Wildman–Crippen LogP) is 5.73. The summed E-state index contributed by atoms with van der Waals surface area (Å²) < 4.78 is 0. The summed E-state index contributed by atoms with van der Waals surface area (Å²) in [5, 5.41) is 6.47. The van der Waals surface area contributed by atoms with Gasteiger partial charge < -0.3 is 5.32 Å². The van der Waals surface area contributed by atoms with Crippen molar-refractivity contribution in [1.29, 1.82) is 0 Å². The van der Waals surface area contributed by atoms with Gasteiger partial charge in [0.25, 0.3) is 0 Å². The van der Waals surface area contributed by atoms with E-state index >= 15 is 0 Å². The second kappa shape index (κ2) is 6.32. The monoisotopic (exact) mass is 308 g/mol. The fourth-order valence-electron chi connectivity index (χ4n) is 2.36. The van der Waals surface area contributed by atoms with Crippen LogP contribution >= 0.6 is 11.3 Å². The number of nitrogens with zero attached hydrogens (tertiary/aromatic N) is 1. The first-order valence-corrected chi connectivity index (χ1v) is 8.43. The number of hydrogen-bond donors (Lipinski definition) is 1. The maximum absolute atomic E-state index is 4.71. The van der Waals surface area contributed by atoms with E-state index in [-0.39, 0.29) is 0 Å². The smallest absolute Gasteiger partial charge is 0.187 e. The minimum Gasteiger partial charge on any atom is -0.331 e. The molecule has 3 rings (SSSR count). The van der Waals surface area contributed by atoms with E-state index in [0.717, 1.165) is 22.9 Å². The van der Waals surface area contributed by atoms with Gasteiger partial charge in [-0.3, -0.25) is 0 Å². The molecule has 1 aromatic heterocycles. The van der Waals surface area contributed by atoms with Gasteiger partial charge in [-0.15, -0.1) is 11.3 Å². The predicted molar refractivity (Wildman–Crippen MR) is 96.1 cm³/mol. The molecule has 0 fully saturated rings. The molecule has 22 heavy (non-hydrogen) atoms. The van der Waals surface area contributed by atoms with Crippen molar-refractivity contribution in [3.8, 4) is 11.3 Å². The molecule has 112 valence electrons.